The fraction of sp³-hybridized carbons (Fsp3) is 0.333. The molecule has 5 N–H and O–H groups in total. The van der Waals surface area contributed by atoms with Crippen molar-refractivity contribution in [3.05, 3.63) is 46.1 Å². The van der Waals surface area contributed by atoms with E-state index in [1.165, 1.54) is 0 Å². The Balaban J connectivity index is 1.95. The summed E-state index contributed by atoms with van der Waals surface area (Å²) >= 11 is 0. The van der Waals surface area contributed by atoms with Gasteiger partial charge in [-0.15, -0.1) is 5.10 Å². The molecule has 1 aromatic heterocycles. The van der Waals surface area contributed by atoms with Gasteiger partial charge in [0.1, 0.15) is 5.75 Å². The average molecular weight is 333 g/mol. The minimum absolute atomic E-state index is 0.0380. The first kappa shape index (κ1) is 17.3. The number of amides is 2. The van der Waals surface area contributed by atoms with Crippen LogP contribution in [0.25, 0.3) is 0 Å². The molecule has 0 radical (unpaired) electrons. The summed E-state index contributed by atoms with van der Waals surface area (Å²) in [4.78, 5) is 36.6. The van der Waals surface area contributed by atoms with E-state index in [1.54, 1.807) is 0 Å². The van der Waals surface area contributed by atoms with E-state index >= 15 is 0 Å². The van der Waals surface area contributed by atoms with Crippen LogP contribution in [0.3, 0.4) is 0 Å². The molecule has 2 aromatic rings. The molecule has 0 saturated heterocycles. The molecule has 0 aliphatic carbocycles. The van der Waals surface area contributed by atoms with Gasteiger partial charge in [-0.25, -0.2) is 9.89 Å². The van der Waals surface area contributed by atoms with Crippen molar-refractivity contribution in [2.75, 3.05) is 13.2 Å². The molecular formula is C15H19N5O4. The zero-order valence-corrected chi connectivity index (χ0v) is 13.2. The molecule has 2 amide bonds. The minimum atomic E-state index is -0.591. The summed E-state index contributed by atoms with van der Waals surface area (Å²) in [5, 5.41) is 8.13. The number of H-pyrrole nitrogens is 2. The number of nitrogens with one attached hydrogen (secondary N) is 3. The zero-order valence-electron chi connectivity index (χ0n) is 13.2. The summed E-state index contributed by atoms with van der Waals surface area (Å²) in [6, 6.07) is 7.30. The highest BCUT2D eigenvalue weighted by Gasteiger charge is 2.19. The van der Waals surface area contributed by atoms with Gasteiger partial charge < -0.3 is 15.8 Å². The highest BCUT2D eigenvalue weighted by Crippen LogP contribution is 2.15. The second-order valence-electron chi connectivity index (χ2n) is 5.12. The second kappa shape index (κ2) is 7.95. The van der Waals surface area contributed by atoms with Crippen molar-refractivity contribution in [1.29, 1.82) is 0 Å². The molecule has 2 rings (SSSR count). The van der Waals surface area contributed by atoms with Gasteiger partial charge in [0.15, 0.2) is 0 Å². The van der Waals surface area contributed by atoms with Gasteiger partial charge in [0.25, 0.3) is 5.91 Å². The van der Waals surface area contributed by atoms with Crippen LogP contribution in [0, 0.1) is 5.92 Å². The van der Waals surface area contributed by atoms with Crippen molar-refractivity contribution in [2.24, 2.45) is 11.7 Å². The number of carbonyl (C=O) groups is 2. The van der Waals surface area contributed by atoms with Crippen molar-refractivity contribution in [1.82, 2.24) is 20.5 Å². The standard InChI is InChI=1S/C15H19N5O4/c1-2-24-11-5-3-9(4-6-11)7-10(12(16)21)8-17-14(22)13-18-15(23)20-19-13/h3-6,10H,2,7-8H2,1H3,(H2,16,21)(H,17,22)(H2,18,19,20,23)/t10-/m0/s1. The van der Waals surface area contributed by atoms with Gasteiger partial charge in [-0.2, -0.15) is 0 Å². The molecule has 9 heteroatoms. The van der Waals surface area contributed by atoms with E-state index in [0.717, 1.165) is 11.3 Å². The van der Waals surface area contributed by atoms with Crippen LogP contribution in [-0.2, 0) is 11.2 Å². The van der Waals surface area contributed by atoms with Crippen LogP contribution in [-0.4, -0.2) is 40.1 Å². The van der Waals surface area contributed by atoms with Gasteiger partial charge in [0.2, 0.25) is 11.7 Å². The molecule has 0 unspecified atom stereocenters. The molecule has 1 heterocycles. The Bertz CT molecular complexity index is 750. The first-order chi connectivity index (χ1) is 11.5. The SMILES string of the molecule is CCOc1ccc(C[C@@H](CNC(=O)c2n[nH]c(=O)[nH]2)C(N)=O)cc1. The summed E-state index contributed by atoms with van der Waals surface area (Å²) in [6.07, 6.45) is 0.374. The summed E-state index contributed by atoms with van der Waals surface area (Å²) in [5.74, 6) is -1.11. The second-order valence-corrected chi connectivity index (χ2v) is 5.12. The number of nitrogens with two attached hydrogens (primary N) is 1. The summed E-state index contributed by atoms with van der Waals surface area (Å²) in [7, 11) is 0. The highest BCUT2D eigenvalue weighted by atomic mass is 16.5. The molecule has 0 saturated carbocycles. The van der Waals surface area contributed by atoms with Crippen LogP contribution in [0.15, 0.2) is 29.1 Å². The largest absolute Gasteiger partial charge is 0.494 e. The Morgan fingerprint density at radius 2 is 2.04 bits per heavy atom. The summed E-state index contributed by atoms with van der Waals surface area (Å²) in [5.41, 5.74) is 5.71. The third kappa shape index (κ3) is 4.70. The fourth-order valence-electron chi connectivity index (χ4n) is 2.12. The smallest absolute Gasteiger partial charge is 0.341 e. The van der Waals surface area contributed by atoms with E-state index in [4.69, 9.17) is 10.5 Å². The topological polar surface area (TPSA) is 143 Å². The lowest BCUT2D eigenvalue weighted by atomic mass is 9.98. The lowest BCUT2D eigenvalue weighted by Crippen LogP contribution is -2.37. The van der Waals surface area contributed by atoms with Crippen LogP contribution >= 0.6 is 0 Å². The fourth-order valence-corrected chi connectivity index (χ4v) is 2.12. The van der Waals surface area contributed by atoms with Crippen molar-refractivity contribution in [3.63, 3.8) is 0 Å². The maximum atomic E-state index is 11.8. The lowest BCUT2D eigenvalue weighted by molar-refractivity contribution is -0.121. The molecule has 9 nitrogen and oxygen atoms in total. The van der Waals surface area contributed by atoms with Crippen molar-refractivity contribution in [3.8, 4) is 5.75 Å². The molecule has 0 bridgehead atoms. The number of ether oxygens (including phenoxy) is 1. The van der Waals surface area contributed by atoms with Crippen LogP contribution in [0.1, 0.15) is 23.1 Å². The monoisotopic (exact) mass is 333 g/mol. The number of nitrogens with zero attached hydrogens (tertiary/aromatic N) is 1. The van der Waals surface area contributed by atoms with Crippen LogP contribution in [0.2, 0.25) is 0 Å². The number of aromatic nitrogens is 3. The minimum Gasteiger partial charge on any atom is -0.494 e. The van der Waals surface area contributed by atoms with Crippen LogP contribution in [0.5, 0.6) is 5.75 Å². The van der Waals surface area contributed by atoms with E-state index in [2.05, 4.69) is 20.5 Å². The molecule has 1 atom stereocenters. The number of carbonyl (C=O) groups excluding carboxylic acids is 2. The molecule has 0 fully saturated rings. The normalized spacial score (nSPS) is 11.7. The van der Waals surface area contributed by atoms with E-state index in [9.17, 15) is 14.4 Å². The van der Waals surface area contributed by atoms with Gasteiger partial charge in [-0.1, -0.05) is 12.1 Å². The van der Waals surface area contributed by atoms with Gasteiger partial charge in [0, 0.05) is 6.54 Å². The number of hydrogen-bond donors (Lipinski definition) is 4. The summed E-state index contributed by atoms with van der Waals surface area (Å²) < 4.78 is 5.36. The molecular weight excluding hydrogens is 314 g/mol. The third-order valence-electron chi connectivity index (χ3n) is 3.34. The van der Waals surface area contributed by atoms with Crippen molar-refractivity contribution >= 4 is 11.8 Å². The Morgan fingerprint density at radius 3 is 2.58 bits per heavy atom. The Morgan fingerprint density at radius 1 is 1.33 bits per heavy atom. The van der Waals surface area contributed by atoms with Gasteiger partial charge in [-0.3, -0.25) is 14.6 Å². The lowest BCUT2D eigenvalue weighted by Gasteiger charge is -2.14. The third-order valence-corrected chi connectivity index (χ3v) is 3.34. The van der Waals surface area contributed by atoms with Gasteiger partial charge >= 0.3 is 5.69 Å². The molecule has 1 aromatic carbocycles. The van der Waals surface area contributed by atoms with E-state index in [0.29, 0.717) is 13.0 Å². The molecule has 0 spiro atoms. The van der Waals surface area contributed by atoms with E-state index < -0.39 is 23.4 Å². The predicted octanol–water partition coefficient (Wildman–Crippen LogP) is -0.429. The number of rotatable bonds is 8. The quantitative estimate of drug-likeness (QED) is 0.518. The number of hydrogen-bond acceptors (Lipinski definition) is 5. The molecule has 24 heavy (non-hydrogen) atoms. The van der Waals surface area contributed by atoms with E-state index in [-0.39, 0.29) is 12.4 Å². The van der Waals surface area contributed by atoms with Crippen molar-refractivity contribution in [2.45, 2.75) is 13.3 Å². The Kier molecular flexibility index (Phi) is 5.72. The van der Waals surface area contributed by atoms with Crippen LogP contribution in [0.4, 0.5) is 0 Å². The van der Waals surface area contributed by atoms with Crippen molar-refractivity contribution < 1.29 is 14.3 Å². The highest BCUT2D eigenvalue weighted by molar-refractivity contribution is 5.90. The number of benzene rings is 1. The Hall–Kier alpha value is -3.10. The first-order valence-corrected chi connectivity index (χ1v) is 7.43. The molecule has 0 aliphatic rings. The Labute approximate surface area is 137 Å². The average Bonchev–Trinajstić information content (AvgIpc) is 2.99. The molecule has 128 valence electrons. The first-order valence-electron chi connectivity index (χ1n) is 7.43. The van der Waals surface area contributed by atoms with Gasteiger partial charge in [-0.05, 0) is 31.0 Å². The summed E-state index contributed by atoms with van der Waals surface area (Å²) in [6.45, 7) is 2.51. The maximum Gasteiger partial charge on any atom is 0.341 e. The molecule has 0 aliphatic heterocycles. The van der Waals surface area contributed by atoms with Gasteiger partial charge in [0.05, 0.1) is 12.5 Å². The number of primary amides is 1. The number of aromatic amines is 2. The predicted molar refractivity (Wildman–Crippen MR) is 85.5 cm³/mol. The van der Waals surface area contributed by atoms with Crippen LogP contribution < -0.4 is 21.5 Å². The van der Waals surface area contributed by atoms with E-state index in [1.807, 2.05) is 31.2 Å². The zero-order chi connectivity index (χ0) is 17.5. The maximum absolute atomic E-state index is 11.8.